The largest absolute Gasteiger partial charge is 0.357 e. The quantitative estimate of drug-likeness (QED) is 0.406. The van der Waals surface area contributed by atoms with Gasteiger partial charge in [-0.3, -0.25) is 4.99 Å². The summed E-state index contributed by atoms with van der Waals surface area (Å²) in [5.41, 5.74) is 1.34. The average molecular weight is 397 g/mol. The SMILES string of the molecule is CCNC(=NCCCc1nnc2n1CCCCC2)NC(C)C(C)c1ccccc1. The van der Waals surface area contributed by atoms with Crippen molar-refractivity contribution in [3.8, 4) is 0 Å². The van der Waals surface area contributed by atoms with Crippen LogP contribution in [-0.4, -0.2) is 39.9 Å². The molecule has 158 valence electrons. The maximum Gasteiger partial charge on any atom is 0.191 e. The second kappa shape index (κ2) is 11.0. The van der Waals surface area contributed by atoms with E-state index in [2.05, 4.69) is 76.5 Å². The van der Waals surface area contributed by atoms with Crippen LogP contribution in [0.2, 0.25) is 0 Å². The summed E-state index contributed by atoms with van der Waals surface area (Å²) in [6.45, 7) is 9.29. The van der Waals surface area contributed by atoms with Crippen LogP contribution in [0.5, 0.6) is 0 Å². The van der Waals surface area contributed by atoms with Gasteiger partial charge in [0.15, 0.2) is 5.96 Å². The summed E-state index contributed by atoms with van der Waals surface area (Å²) in [6, 6.07) is 10.9. The lowest BCUT2D eigenvalue weighted by Gasteiger charge is -2.24. The van der Waals surface area contributed by atoms with Crippen LogP contribution in [0.1, 0.15) is 69.6 Å². The smallest absolute Gasteiger partial charge is 0.191 e. The van der Waals surface area contributed by atoms with Crippen LogP contribution in [0.4, 0.5) is 0 Å². The maximum absolute atomic E-state index is 4.80. The van der Waals surface area contributed by atoms with E-state index in [1.165, 1.54) is 30.7 Å². The van der Waals surface area contributed by atoms with Crippen LogP contribution < -0.4 is 10.6 Å². The zero-order chi connectivity index (χ0) is 20.5. The molecule has 6 heteroatoms. The molecular weight excluding hydrogens is 360 g/mol. The van der Waals surface area contributed by atoms with Gasteiger partial charge in [-0.1, -0.05) is 43.7 Å². The van der Waals surface area contributed by atoms with Gasteiger partial charge in [-0.05, 0) is 38.7 Å². The number of guanidine groups is 1. The van der Waals surface area contributed by atoms with E-state index in [0.717, 1.165) is 50.7 Å². The van der Waals surface area contributed by atoms with Gasteiger partial charge in [0.1, 0.15) is 11.6 Å². The van der Waals surface area contributed by atoms with Crippen LogP contribution in [0.15, 0.2) is 35.3 Å². The lowest BCUT2D eigenvalue weighted by molar-refractivity contribution is 0.549. The standard InChI is InChI=1S/C23H36N6/c1-4-24-23(26-19(3)18(2)20-12-7-5-8-13-20)25-16-11-15-22-28-27-21-14-9-6-10-17-29(21)22/h5,7-8,12-13,18-19H,4,6,9-11,14-17H2,1-3H3,(H2,24,25,26). The van der Waals surface area contributed by atoms with Gasteiger partial charge in [-0.15, -0.1) is 10.2 Å². The molecule has 0 spiro atoms. The minimum absolute atomic E-state index is 0.294. The van der Waals surface area contributed by atoms with Gasteiger partial charge in [-0.2, -0.15) is 0 Å². The Hall–Kier alpha value is -2.37. The Kier molecular flexibility index (Phi) is 8.08. The van der Waals surface area contributed by atoms with E-state index in [-0.39, 0.29) is 0 Å². The van der Waals surface area contributed by atoms with Gasteiger partial charge >= 0.3 is 0 Å². The Morgan fingerprint density at radius 3 is 2.76 bits per heavy atom. The molecule has 0 saturated carbocycles. The summed E-state index contributed by atoms with van der Waals surface area (Å²) < 4.78 is 2.34. The molecule has 6 nitrogen and oxygen atoms in total. The van der Waals surface area contributed by atoms with Crippen LogP contribution in [0, 0.1) is 0 Å². The number of benzene rings is 1. The van der Waals surface area contributed by atoms with Gasteiger partial charge in [-0.25, -0.2) is 0 Å². The van der Waals surface area contributed by atoms with Crippen molar-refractivity contribution in [2.24, 2.45) is 4.99 Å². The summed E-state index contributed by atoms with van der Waals surface area (Å²) in [5.74, 6) is 3.59. The van der Waals surface area contributed by atoms with Crippen molar-refractivity contribution in [2.75, 3.05) is 13.1 Å². The third-order valence-electron chi connectivity index (χ3n) is 5.80. The predicted octanol–water partition coefficient (Wildman–Crippen LogP) is 3.68. The number of hydrogen-bond donors (Lipinski definition) is 2. The van der Waals surface area contributed by atoms with Gasteiger partial charge < -0.3 is 15.2 Å². The lowest BCUT2D eigenvalue weighted by atomic mass is 9.94. The highest BCUT2D eigenvalue weighted by Crippen LogP contribution is 2.18. The normalized spacial score (nSPS) is 16.6. The summed E-state index contributed by atoms with van der Waals surface area (Å²) >= 11 is 0. The van der Waals surface area contributed by atoms with E-state index < -0.39 is 0 Å². The van der Waals surface area contributed by atoms with Crippen LogP contribution in [0.3, 0.4) is 0 Å². The number of nitrogens with one attached hydrogen (secondary N) is 2. The molecule has 2 atom stereocenters. The van der Waals surface area contributed by atoms with Crippen molar-refractivity contribution >= 4 is 5.96 Å². The zero-order valence-electron chi connectivity index (χ0n) is 18.2. The van der Waals surface area contributed by atoms with Crippen LogP contribution in [0.25, 0.3) is 0 Å². The van der Waals surface area contributed by atoms with E-state index in [4.69, 9.17) is 4.99 Å². The molecule has 0 fully saturated rings. The molecule has 0 saturated heterocycles. The number of hydrogen-bond acceptors (Lipinski definition) is 3. The minimum Gasteiger partial charge on any atom is -0.357 e. The van der Waals surface area contributed by atoms with Crippen LogP contribution >= 0.6 is 0 Å². The second-order valence-corrected chi connectivity index (χ2v) is 7.99. The number of aryl methyl sites for hydroxylation is 2. The van der Waals surface area contributed by atoms with Crippen molar-refractivity contribution in [3.63, 3.8) is 0 Å². The fourth-order valence-corrected chi connectivity index (χ4v) is 3.86. The molecule has 2 aromatic rings. The summed E-state index contributed by atoms with van der Waals surface area (Å²) in [6.07, 6.45) is 6.76. The number of rotatable bonds is 8. The molecule has 2 N–H and O–H groups in total. The molecule has 0 bridgehead atoms. The zero-order valence-corrected chi connectivity index (χ0v) is 18.2. The van der Waals surface area contributed by atoms with Gasteiger partial charge in [0.2, 0.25) is 0 Å². The number of nitrogens with zero attached hydrogens (tertiary/aromatic N) is 4. The molecule has 0 radical (unpaired) electrons. The molecule has 1 aromatic heterocycles. The molecule has 1 aliphatic heterocycles. The maximum atomic E-state index is 4.80. The number of fused-ring (bicyclic) bond motifs is 1. The summed E-state index contributed by atoms with van der Waals surface area (Å²) in [4.78, 5) is 4.80. The van der Waals surface area contributed by atoms with Gasteiger partial charge in [0.05, 0.1) is 0 Å². The van der Waals surface area contributed by atoms with E-state index in [1.807, 2.05) is 0 Å². The van der Waals surface area contributed by atoms with Crippen LogP contribution in [-0.2, 0) is 19.4 Å². The highest BCUT2D eigenvalue weighted by molar-refractivity contribution is 5.80. The first kappa shape index (κ1) is 21.3. The first-order chi connectivity index (χ1) is 14.2. The van der Waals surface area contributed by atoms with Crippen molar-refractivity contribution in [3.05, 3.63) is 47.5 Å². The molecule has 2 unspecified atom stereocenters. The minimum atomic E-state index is 0.294. The Balaban J connectivity index is 1.52. The van der Waals surface area contributed by atoms with E-state index in [0.29, 0.717) is 12.0 Å². The molecule has 0 aliphatic carbocycles. The third kappa shape index (κ3) is 6.05. The molecule has 0 amide bonds. The first-order valence-electron chi connectivity index (χ1n) is 11.2. The Morgan fingerprint density at radius 2 is 1.97 bits per heavy atom. The highest BCUT2D eigenvalue weighted by Gasteiger charge is 2.16. The molecule has 1 aliphatic rings. The molecular formula is C23H36N6. The summed E-state index contributed by atoms with van der Waals surface area (Å²) in [7, 11) is 0. The Labute approximate surface area is 175 Å². The highest BCUT2D eigenvalue weighted by atomic mass is 15.3. The fourth-order valence-electron chi connectivity index (χ4n) is 3.86. The van der Waals surface area contributed by atoms with Crippen molar-refractivity contribution in [1.29, 1.82) is 0 Å². The average Bonchev–Trinajstić information content (AvgIpc) is 2.97. The van der Waals surface area contributed by atoms with Crippen molar-refractivity contribution in [1.82, 2.24) is 25.4 Å². The first-order valence-corrected chi connectivity index (χ1v) is 11.2. The summed E-state index contributed by atoms with van der Waals surface area (Å²) in [5, 5.41) is 15.8. The molecule has 1 aromatic carbocycles. The number of aliphatic imine (C=N–C) groups is 1. The second-order valence-electron chi connectivity index (χ2n) is 7.99. The molecule has 3 rings (SSSR count). The number of aromatic nitrogens is 3. The third-order valence-corrected chi connectivity index (χ3v) is 5.80. The Bertz CT molecular complexity index is 767. The predicted molar refractivity (Wildman–Crippen MR) is 119 cm³/mol. The van der Waals surface area contributed by atoms with E-state index >= 15 is 0 Å². The topological polar surface area (TPSA) is 67.1 Å². The monoisotopic (exact) mass is 396 g/mol. The van der Waals surface area contributed by atoms with E-state index in [9.17, 15) is 0 Å². The van der Waals surface area contributed by atoms with Crippen molar-refractivity contribution in [2.45, 2.75) is 77.8 Å². The van der Waals surface area contributed by atoms with Gasteiger partial charge in [0, 0.05) is 44.4 Å². The Morgan fingerprint density at radius 1 is 1.14 bits per heavy atom. The molecule has 29 heavy (non-hydrogen) atoms. The fraction of sp³-hybridized carbons (Fsp3) is 0.609. The van der Waals surface area contributed by atoms with Crippen molar-refractivity contribution < 1.29 is 0 Å². The lowest BCUT2D eigenvalue weighted by Crippen LogP contribution is -2.44. The van der Waals surface area contributed by atoms with E-state index in [1.54, 1.807) is 0 Å². The molecule has 2 heterocycles. The van der Waals surface area contributed by atoms with Gasteiger partial charge in [0.25, 0.3) is 0 Å².